The van der Waals surface area contributed by atoms with Crippen molar-refractivity contribution in [1.82, 2.24) is 19.6 Å². The molecule has 0 fully saturated rings. The molecule has 2 aliphatic rings. The van der Waals surface area contributed by atoms with Crippen LogP contribution >= 0.6 is 0 Å². The Morgan fingerprint density at radius 1 is 0.619 bits per heavy atom. The van der Waals surface area contributed by atoms with Gasteiger partial charge in [-0.05, 0) is 87.1 Å². The number of hydrogen-bond acceptors (Lipinski definition) is 4. The molecule has 0 radical (unpaired) electrons. The van der Waals surface area contributed by atoms with E-state index in [1.54, 1.807) is 9.36 Å². The van der Waals surface area contributed by atoms with Crippen molar-refractivity contribution >= 4 is 11.6 Å². The third-order valence-corrected chi connectivity index (χ3v) is 7.84. The summed E-state index contributed by atoms with van der Waals surface area (Å²) in [6, 6.07) is 11.2. The normalized spacial score (nSPS) is 14.4. The van der Waals surface area contributed by atoms with Crippen LogP contribution in [0.2, 0.25) is 0 Å². The van der Waals surface area contributed by atoms with Gasteiger partial charge in [-0.3, -0.25) is 9.59 Å². The average molecular weight is 706 g/mol. The number of rotatable bonds is 7. The van der Waals surface area contributed by atoms with Crippen LogP contribution < -0.4 is 43.1 Å². The van der Waals surface area contributed by atoms with Gasteiger partial charge in [-0.2, -0.15) is 0 Å². The minimum absolute atomic E-state index is 0. The van der Waals surface area contributed by atoms with E-state index < -0.39 is 0 Å². The zero-order valence-corrected chi connectivity index (χ0v) is 26.3. The molecule has 4 heterocycles. The zero-order valence-electron chi connectivity index (χ0n) is 23.1. The molecule has 8 nitrogen and oxygen atoms in total. The fourth-order valence-corrected chi connectivity index (χ4v) is 5.74. The van der Waals surface area contributed by atoms with Crippen molar-refractivity contribution in [2.75, 3.05) is 0 Å². The van der Waals surface area contributed by atoms with Crippen molar-refractivity contribution < 1.29 is 61.5 Å². The van der Waals surface area contributed by atoms with Gasteiger partial charge in [0.1, 0.15) is 11.6 Å². The highest BCUT2D eigenvalue weighted by molar-refractivity contribution is 5.96. The van der Waals surface area contributed by atoms with Crippen LogP contribution in [0, 0.1) is 11.6 Å². The molecule has 0 N–H and O–H groups in total. The molecule has 12 heteroatoms. The van der Waals surface area contributed by atoms with Crippen molar-refractivity contribution in [3.63, 3.8) is 0 Å². The fraction of sp³-hybridized carbons (Fsp3) is 0.400. The van der Waals surface area contributed by atoms with E-state index in [4.69, 9.17) is 10.2 Å². The first-order valence-electron chi connectivity index (χ1n) is 14.0. The largest absolute Gasteiger partial charge is 1.00 e. The Morgan fingerprint density at radius 2 is 1.00 bits per heavy atom. The first kappa shape index (κ1) is 31.8. The Morgan fingerprint density at radius 3 is 1.38 bits per heavy atom. The number of fused-ring (bicyclic) bond motifs is 2. The Bertz CT molecular complexity index is 1450. The van der Waals surface area contributed by atoms with Crippen molar-refractivity contribution in [2.24, 2.45) is 0 Å². The van der Waals surface area contributed by atoms with E-state index in [1.165, 1.54) is 48.5 Å². The lowest BCUT2D eigenvalue weighted by Crippen LogP contribution is -3.00. The number of ketones is 2. The summed E-state index contributed by atoms with van der Waals surface area (Å²) in [6.45, 7) is 1.65. The van der Waals surface area contributed by atoms with E-state index in [0.717, 1.165) is 76.1 Å². The van der Waals surface area contributed by atoms with Crippen LogP contribution in [-0.4, -0.2) is 31.1 Å². The molecule has 0 amide bonds. The monoisotopic (exact) mass is 704 g/mol. The number of aromatic nitrogens is 6. The van der Waals surface area contributed by atoms with E-state index in [0.29, 0.717) is 22.8 Å². The second-order valence-electron chi connectivity index (χ2n) is 10.6. The van der Waals surface area contributed by atoms with Gasteiger partial charge in [0, 0.05) is 24.0 Å². The molecule has 0 spiro atoms. The molecule has 6 rings (SSSR count). The van der Waals surface area contributed by atoms with Gasteiger partial charge in [-0.15, -0.1) is 9.36 Å². The SMILES string of the molecule is O=C(Cn1nc(-c2nn(CC(=O)c3ccc(F)cc3)c3[n+]2CCCCC3)[n+]2c1CCCCC2)c1ccc(F)cc1.[Br-].[Br-]. The van der Waals surface area contributed by atoms with Gasteiger partial charge in [0.25, 0.3) is 0 Å². The quantitative estimate of drug-likeness (QED) is 0.162. The van der Waals surface area contributed by atoms with Crippen molar-refractivity contribution in [3.8, 4) is 11.6 Å². The minimum Gasteiger partial charge on any atom is -1.00 e. The predicted octanol–water partition coefficient (Wildman–Crippen LogP) is -2.17. The smallest absolute Gasteiger partial charge is 0.382 e. The van der Waals surface area contributed by atoms with Crippen LogP contribution in [-0.2, 0) is 39.0 Å². The van der Waals surface area contributed by atoms with Crippen LogP contribution in [0.3, 0.4) is 0 Å². The maximum Gasteiger partial charge on any atom is 0.382 e. The van der Waals surface area contributed by atoms with Crippen LogP contribution in [0.25, 0.3) is 11.6 Å². The molecule has 4 aromatic rings. The summed E-state index contributed by atoms with van der Waals surface area (Å²) in [5.41, 5.74) is 0.885. The summed E-state index contributed by atoms with van der Waals surface area (Å²) < 4.78 is 34.7. The number of carbonyl (C=O) groups excluding carboxylic acids is 2. The van der Waals surface area contributed by atoms with Gasteiger partial charge in [-0.1, -0.05) is 0 Å². The molecule has 2 aromatic carbocycles. The Balaban J connectivity index is 0.00000202. The highest BCUT2D eigenvalue weighted by Gasteiger charge is 2.39. The Hall–Kier alpha value is -3.12. The summed E-state index contributed by atoms with van der Waals surface area (Å²) in [5.74, 6) is 2.31. The minimum atomic E-state index is -0.381. The van der Waals surface area contributed by atoms with Gasteiger partial charge in [0.2, 0.25) is 11.6 Å². The second kappa shape index (κ2) is 13.9. The summed E-state index contributed by atoms with van der Waals surface area (Å²) in [4.78, 5) is 26.2. The number of nitrogens with zero attached hydrogens (tertiary/aromatic N) is 6. The molecule has 0 saturated carbocycles. The molecule has 0 atom stereocenters. The molecule has 0 aliphatic carbocycles. The van der Waals surface area contributed by atoms with Crippen molar-refractivity contribution in [3.05, 3.63) is 82.9 Å². The van der Waals surface area contributed by atoms with Crippen LogP contribution in [0.1, 0.15) is 70.9 Å². The van der Waals surface area contributed by atoms with Crippen LogP contribution in [0.15, 0.2) is 48.5 Å². The standard InChI is InChI=1S/C30H32F2N6O2.2BrH/c31-23-13-9-21(10-14-23)25(39)19-37-27-7-3-1-5-17-35(27)29(33-37)30-34-38(28-8-4-2-6-18-36(28)30)20-26(40)22-11-15-24(32)16-12-22;;/h9-16H,1-8,17-20H2;2*1H/q+2;;/p-2. The highest BCUT2D eigenvalue weighted by Crippen LogP contribution is 2.19. The van der Waals surface area contributed by atoms with Crippen LogP contribution in [0.5, 0.6) is 0 Å². The summed E-state index contributed by atoms with van der Waals surface area (Å²) >= 11 is 0. The molecule has 2 aromatic heterocycles. The van der Waals surface area contributed by atoms with E-state index in [9.17, 15) is 18.4 Å². The number of Topliss-reactive ketones (excluding diaryl/α,β-unsaturated/α-hetero) is 2. The van der Waals surface area contributed by atoms with Gasteiger partial charge in [-0.25, -0.2) is 17.9 Å². The maximum absolute atomic E-state index is 13.4. The molecular weight excluding hydrogens is 674 g/mol. The molecular formula is C30H32Br2F2N6O2. The molecule has 2 aliphatic heterocycles. The van der Waals surface area contributed by atoms with E-state index in [1.807, 2.05) is 0 Å². The predicted molar refractivity (Wildman–Crippen MR) is 140 cm³/mol. The highest BCUT2D eigenvalue weighted by atomic mass is 79.9. The number of carbonyl (C=O) groups is 2. The van der Waals surface area contributed by atoms with E-state index in [-0.39, 0.29) is 70.3 Å². The number of hydrogen-bond donors (Lipinski definition) is 0. The van der Waals surface area contributed by atoms with Gasteiger partial charge >= 0.3 is 11.6 Å². The van der Waals surface area contributed by atoms with Crippen molar-refractivity contribution in [2.45, 2.75) is 77.5 Å². The third-order valence-electron chi connectivity index (χ3n) is 7.84. The average Bonchev–Trinajstić information content (AvgIpc) is 3.21. The lowest BCUT2D eigenvalue weighted by molar-refractivity contribution is -0.721. The third kappa shape index (κ3) is 6.59. The summed E-state index contributed by atoms with van der Waals surface area (Å²) in [5, 5.41) is 9.89. The van der Waals surface area contributed by atoms with Gasteiger partial charge in [0.05, 0.1) is 23.3 Å². The van der Waals surface area contributed by atoms with Crippen LogP contribution in [0.4, 0.5) is 8.78 Å². The Kier molecular flexibility index (Phi) is 10.5. The topological polar surface area (TPSA) is 77.5 Å². The second-order valence-corrected chi connectivity index (χ2v) is 10.6. The lowest BCUT2D eigenvalue weighted by atomic mass is 10.1. The summed E-state index contributed by atoms with van der Waals surface area (Å²) in [7, 11) is 0. The molecule has 0 saturated heterocycles. The Labute approximate surface area is 263 Å². The maximum atomic E-state index is 13.4. The van der Waals surface area contributed by atoms with E-state index >= 15 is 0 Å². The van der Waals surface area contributed by atoms with Gasteiger partial charge < -0.3 is 34.0 Å². The zero-order chi connectivity index (χ0) is 27.6. The number of benzene rings is 2. The number of halogens is 4. The molecule has 0 unspecified atom stereocenters. The van der Waals surface area contributed by atoms with Gasteiger partial charge in [0.15, 0.2) is 24.7 Å². The first-order valence-corrected chi connectivity index (χ1v) is 14.0. The van der Waals surface area contributed by atoms with Crippen molar-refractivity contribution in [1.29, 1.82) is 0 Å². The molecule has 42 heavy (non-hydrogen) atoms. The molecule has 0 bridgehead atoms. The molecule has 222 valence electrons. The first-order chi connectivity index (χ1) is 19.5. The fourth-order valence-electron chi connectivity index (χ4n) is 5.74. The lowest BCUT2D eigenvalue weighted by Gasteiger charge is -2.01. The summed E-state index contributed by atoms with van der Waals surface area (Å²) in [6.07, 6.45) is 7.75. The van der Waals surface area contributed by atoms with E-state index in [2.05, 4.69) is 9.13 Å².